The topological polar surface area (TPSA) is 21.3 Å². The molecule has 0 heterocycles. The quantitative estimate of drug-likeness (QED) is 0.858. The third kappa shape index (κ3) is 4.07. The average Bonchev–Trinajstić information content (AvgIpc) is 2.44. The molecule has 2 rings (SSSR count). The van der Waals surface area contributed by atoms with Gasteiger partial charge in [0.25, 0.3) is 0 Å². The number of anilines is 1. The van der Waals surface area contributed by atoms with Gasteiger partial charge in [0, 0.05) is 24.4 Å². The minimum absolute atomic E-state index is 0.195. The average molecular weight is 273 g/mol. The van der Waals surface area contributed by atoms with E-state index >= 15 is 0 Å². The molecule has 0 bridgehead atoms. The van der Waals surface area contributed by atoms with E-state index in [4.69, 9.17) is 4.74 Å². The van der Waals surface area contributed by atoms with Gasteiger partial charge >= 0.3 is 0 Å². The molecule has 1 atom stereocenters. The molecule has 0 aliphatic rings. The standard InChI is InChI=1S/C17H20FNO/c1-13(11-14-7-9-16(18)10-8-14)19-17-6-4-3-5-15(17)12-20-2/h3-10,13,19H,11-12H2,1-2H3. The van der Waals surface area contributed by atoms with Crippen molar-refractivity contribution in [3.8, 4) is 0 Å². The molecule has 0 aliphatic heterocycles. The van der Waals surface area contributed by atoms with Crippen molar-refractivity contribution >= 4 is 5.69 Å². The molecule has 1 unspecified atom stereocenters. The molecule has 2 nitrogen and oxygen atoms in total. The summed E-state index contributed by atoms with van der Waals surface area (Å²) in [5, 5.41) is 3.48. The van der Waals surface area contributed by atoms with E-state index in [2.05, 4.69) is 24.4 Å². The Hall–Kier alpha value is -1.87. The molecule has 0 spiro atoms. The molecule has 0 aliphatic carbocycles. The lowest BCUT2D eigenvalue weighted by atomic mass is 10.1. The van der Waals surface area contributed by atoms with Crippen LogP contribution < -0.4 is 5.32 Å². The molecular formula is C17H20FNO. The maximum atomic E-state index is 12.9. The minimum Gasteiger partial charge on any atom is -0.382 e. The number of para-hydroxylation sites is 1. The number of nitrogens with one attached hydrogen (secondary N) is 1. The van der Waals surface area contributed by atoms with Crippen molar-refractivity contribution in [1.82, 2.24) is 0 Å². The van der Waals surface area contributed by atoms with Crippen LogP contribution in [-0.4, -0.2) is 13.2 Å². The van der Waals surface area contributed by atoms with Crippen molar-refractivity contribution in [2.24, 2.45) is 0 Å². The highest BCUT2D eigenvalue weighted by Gasteiger charge is 2.07. The number of methoxy groups -OCH3 is 1. The summed E-state index contributed by atoms with van der Waals surface area (Å²) in [7, 11) is 1.69. The van der Waals surface area contributed by atoms with E-state index < -0.39 is 0 Å². The third-order valence-electron chi connectivity index (χ3n) is 3.17. The first-order valence-corrected chi connectivity index (χ1v) is 6.77. The molecule has 0 radical (unpaired) electrons. The highest BCUT2D eigenvalue weighted by molar-refractivity contribution is 5.51. The van der Waals surface area contributed by atoms with E-state index in [0.29, 0.717) is 6.61 Å². The Balaban J connectivity index is 2.00. The largest absolute Gasteiger partial charge is 0.382 e. The zero-order chi connectivity index (χ0) is 14.4. The summed E-state index contributed by atoms with van der Waals surface area (Å²) in [5.74, 6) is -0.195. The molecule has 1 N–H and O–H groups in total. The van der Waals surface area contributed by atoms with Gasteiger partial charge in [0.05, 0.1) is 6.61 Å². The molecule has 0 saturated carbocycles. The van der Waals surface area contributed by atoms with Crippen molar-refractivity contribution in [3.63, 3.8) is 0 Å². The van der Waals surface area contributed by atoms with Crippen LogP contribution in [0.15, 0.2) is 48.5 Å². The highest BCUT2D eigenvalue weighted by Crippen LogP contribution is 2.18. The Morgan fingerprint density at radius 3 is 2.50 bits per heavy atom. The Morgan fingerprint density at radius 2 is 1.80 bits per heavy atom. The Bertz CT molecular complexity index is 539. The van der Waals surface area contributed by atoms with Crippen LogP contribution in [0.3, 0.4) is 0 Å². The lowest BCUT2D eigenvalue weighted by Gasteiger charge is -2.18. The fraction of sp³-hybridized carbons (Fsp3) is 0.294. The summed E-state index contributed by atoms with van der Waals surface area (Å²) in [4.78, 5) is 0. The van der Waals surface area contributed by atoms with Crippen molar-refractivity contribution in [3.05, 3.63) is 65.5 Å². The molecule has 106 valence electrons. The second kappa shape index (κ2) is 7.06. The minimum atomic E-state index is -0.195. The summed E-state index contributed by atoms with van der Waals surface area (Å²) in [6, 6.07) is 15.0. The number of rotatable bonds is 6. The highest BCUT2D eigenvalue weighted by atomic mass is 19.1. The number of benzene rings is 2. The zero-order valence-corrected chi connectivity index (χ0v) is 11.9. The van der Waals surface area contributed by atoms with Gasteiger partial charge in [0.15, 0.2) is 0 Å². The monoisotopic (exact) mass is 273 g/mol. The van der Waals surface area contributed by atoms with Crippen molar-refractivity contribution in [1.29, 1.82) is 0 Å². The van der Waals surface area contributed by atoms with E-state index in [1.54, 1.807) is 7.11 Å². The molecule has 3 heteroatoms. The fourth-order valence-corrected chi connectivity index (χ4v) is 2.23. The SMILES string of the molecule is COCc1ccccc1NC(C)Cc1ccc(F)cc1. The van der Waals surface area contributed by atoms with E-state index in [1.807, 2.05) is 24.3 Å². The summed E-state index contributed by atoms with van der Waals surface area (Å²) >= 11 is 0. The van der Waals surface area contributed by atoms with Gasteiger partial charge in [-0.05, 0) is 37.1 Å². The first-order chi connectivity index (χ1) is 9.69. The molecule has 0 saturated heterocycles. The van der Waals surface area contributed by atoms with Gasteiger partial charge in [-0.25, -0.2) is 4.39 Å². The predicted octanol–water partition coefficient (Wildman–Crippen LogP) is 4.02. The fourth-order valence-electron chi connectivity index (χ4n) is 2.23. The molecular weight excluding hydrogens is 253 g/mol. The summed E-state index contributed by atoms with van der Waals surface area (Å²) < 4.78 is 18.1. The van der Waals surface area contributed by atoms with Crippen LogP contribution >= 0.6 is 0 Å². The van der Waals surface area contributed by atoms with E-state index in [0.717, 1.165) is 23.2 Å². The maximum Gasteiger partial charge on any atom is 0.123 e. The van der Waals surface area contributed by atoms with Gasteiger partial charge in [-0.1, -0.05) is 30.3 Å². The van der Waals surface area contributed by atoms with Gasteiger partial charge in [-0.2, -0.15) is 0 Å². The van der Waals surface area contributed by atoms with Gasteiger partial charge in [0.2, 0.25) is 0 Å². The van der Waals surface area contributed by atoms with E-state index in [1.165, 1.54) is 12.1 Å². The van der Waals surface area contributed by atoms with Gasteiger partial charge in [-0.15, -0.1) is 0 Å². The Labute approximate surface area is 119 Å². The molecule has 0 fully saturated rings. The van der Waals surface area contributed by atoms with Crippen LogP contribution in [0.25, 0.3) is 0 Å². The van der Waals surface area contributed by atoms with Gasteiger partial charge < -0.3 is 10.1 Å². The Morgan fingerprint density at radius 1 is 1.10 bits per heavy atom. The lowest BCUT2D eigenvalue weighted by Crippen LogP contribution is -2.19. The second-order valence-electron chi connectivity index (χ2n) is 4.97. The number of hydrogen-bond acceptors (Lipinski definition) is 2. The van der Waals surface area contributed by atoms with Crippen LogP contribution in [0.5, 0.6) is 0 Å². The van der Waals surface area contributed by atoms with Crippen molar-refractivity contribution < 1.29 is 9.13 Å². The van der Waals surface area contributed by atoms with E-state index in [9.17, 15) is 4.39 Å². The predicted molar refractivity (Wildman–Crippen MR) is 80.3 cm³/mol. The number of hydrogen-bond donors (Lipinski definition) is 1. The molecule has 0 aromatic heterocycles. The number of ether oxygens (including phenoxy) is 1. The summed E-state index contributed by atoms with van der Waals surface area (Å²) in [6.45, 7) is 2.71. The zero-order valence-electron chi connectivity index (χ0n) is 11.9. The van der Waals surface area contributed by atoms with Crippen LogP contribution in [0, 0.1) is 5.82 Å². The molecule has 2 aromatic carbocycles. The maximum absolute atomic E-state index is 12.9. The van der Waals surface area contributed by atoms with Crippen LogP contribution in [0.4, 0.5) is 10.1 Å². The summed E-state index contributed by atoms with van der Waals surface area (Å²) in [6.07, 6.45) is 0.849. The molecule has 2 aromatic rings. The van der Waals surface area contributed by atoms with E-state index in [-0.39, 0.29) is 11.9 Å². The lowest BCUT2D eigenvalue weighted by molar-refractivity contribution is 0.185. The third-order valence-corrected chi connectivity index (χ3v) is 3.17. The molecule has 20 heavy (non-hydrogen) atoms. The first-order valence-electron chi connectivity index (χ1n) is 6.77. The van der Waals surface area contributed by atoms with Crippen molar-refractivity contribution in [2.75, 3.05) is 12.4 Å². The smallest absolute Gasteiger partial charge is 0.123 e. The normalized spacial score (nSPS) is 12.2. The van der Waals surface area contributed by atoms with Crippen LogP contribution in [0.2, 0.25) is 0 Å². The van der Waals surface area contributed by atoms with Crippen LogP contribution in [0.1, 0.15) is 18.1 Å². The van der Waals surface area contributed by atoms with Crippen molar-refractivity contribution in [2.45, 2.75) is 26.0 Å². The van der Waals surface area contributed by atoms with Gasteiger partial charge in [-0.3, -0.25) is 0 Å². The Kier molecular flexibility index (Phi) is 5.13. The number of halogens is 1. The van der Waals surface area contributed by atoms with Crippen LogP contribution in [-0.2, 0) is 17.8 Å². The second-order valence-corrected chi connectivity index (χ2v) is 4.97. The first kappa shape index (κ1) is 14.5. The van der Waals surface area contributed by atoms with Gasteiger partial charge in [0.1, 0.15) is 5.82 Å². The summed E-state index contributed by atoms with van der Waals surface area (Å²) in [5.41, 5.74) is 3.35. The molecule has 0 amide bonds.